The van der Waals surface area contributed by atoms with Crippen LogP contribution in [0.25, 0.3) is 16.2 Å². The Bertz CT molecular complexity index is 784. The van der Waals surface area contributed by atoms with E-state index in [-0.39, 0.29) is 5.91 Å². The third kappa shape index (κ3) is 2.41. The minimum atomic E-state index is -0.101. The molecule has 0 atom stereocenters. The number of carbonyl (C=O) groups is 1. The van der Waals surface area contributed by atoms with Crippen molar-refractivity contribution in [3.63, 3.8) is 0 Å². The van der Waals surface area contributed by atoms with Crippen LogP contribution in [0.1, 0.15) is 24.8 Å². The molecule has 0 bridgehead atoms. The van der Waals surface area contributed by atoms with Crippen molar-refractivity contribution in [2.45, 2.75) is 19.3 Å². The molecule has 112 valence electrons. The molecule has 0 saturated carbocycles. The second-order valence-corrected chi connectivity index (χ2v) is 6.57. The predicted molar refractivity (Wildman–Crippen MR) is 90.8 cm³/mol. The monoisotopic (exact) mass is 311 g/mol. The number of benzene rings is 1. The third-order valence-electron chi connectivity index (χ3n) is 4.14. The molecule has 1 aromatic carbocycles. The molecule has 2 aliphatic rings. The summed E-state index contributed by atoms with van der Waals surface area (Å²) in [6.45, 7) is 1.96. The number of piperidine rings is 1. The molecule has 3 heterocycles. The van der Waals surface area contributed by atoms with Crippen molar-refractivity contribution in [2.75, 3.05) is 13.1 Å². The molecular weight excluding hydrogens is 294 g/mol. The second kappa shape index (κ2) is 5.57. The van der Waals surface area contributed by atoms with Gasteiger partial charge in [-0.2, -0.15) is 0 Å². The highest BCUT2D eigenvalue weighted by atomic mass is 32.1. The summed E-state index contributed by atoms with van der Waals surface area (Å²) in [7, 11) is 0. The largest absolute Gasteiger partial charge is 0.342 e. The minimum absolute atomic E-state index is 0.101. The molecule has 1 saturated heterocycles. The average molecular weight is 311 g/mol. The maximum Gasteiger partial charge on any atom is 0.276 e. The molecule has 5 heteroatoms. The molecule has 1 aromatic heterocycles. The SMILES string of the molecule is O=C1NC(N2CCCCC2)=N/C1=C\c1csc2ccccc12. The van der Waals surface area contributed by atoms with Crippen LogP contribution in [0.3, 0.4) is 0 Å². The Kier molecular flexibility index (Phi) is 3.42. The van der Waals surface area contributed by atoms with Gasteiger partial charge < -0.3 is 4.90 Å². The summed E-state index contributed by atoms with van der Waals surface area (Å²) in [6, 6.07) is 8.23. The Morgan fingerprint density at radius 1 is 1.18 bits per heavy atom. The first-order valence-corrected chi connectivity index (χ1v) is 8.52. The fraction of sp³-hybridized carbons (Fsp3) is 0.294. The number of hydrogen-bond acceptors (Lipinski definition) is 4. The zero-order valence-corrected chi connectivity index (χ0v) is 13.0. The predicted octanol–water partition coefficient (Wildman–Crippen LogP) is 3.21. The van der Waals surface area contributed by atoms with E-state index in [0.29, 0.717) is 5.70 Å². The number of nitrogens with zero attached hydrogens (tertiary/aromatic N) is 2. The summed E-state index contributed by atoms with van der Waals surface area (Å²) < 4.78 is 1.23. The van der Waals surface area contributed by atoms with Crippen molar-refractivity contribution in [1.29, 1.82) is 0 Å². The Morgan fingerprint density at radius 2 is 2.00 bits per heavy atom. The number of fused-ring (bicyclic) bond motifs is 1. The smallest absolute Gasteiger partial charge is 0.276 e. The normalized spacial score (nSPS) is 20.5. The number of amides is 1. The summed E-state index contributed by atoms with van der Waals surface area (Å²) in [6.07, 6.45) is 5.50. The Morgan fingerprint density at radius 3 is 2.86 bits per heavy atom. The molecule has 2 aromatic rings. The number of thiophene rings is 1. The molecule has 1 fully saturated rings. The highest BCUT2D eigenvalue weighted by Gasteiger charge is 2.25. The standard InChI is InChI=1S/C17H17N3OS/c21-16-14(18-17(19-16)20-8-4-1-5-9-20)10-12-11-22-15-7-3-2-6-13(12)15/h2-3,6-7,10-11H,1,4-5,8-9H2,(H,18,19,21)/b14-10-. The lowest BCUT2D eigenvalue weighted by Gasteiger charge is -2.27. The maximum absolute atomic E-state index is 12.2. The molecule has 4 nitrogen and oxygen atoms in total. The summed E-state index contributed by atoms with van der Waals surface area (Å²) in [5.41, 5.74) is 1.57. The molecule has 4 rings (SSSR count). The Hall–Kier alpha value is -2.14. The van der Waals surface area contributed by atoms with Crippen molar-refractivity contribution in [2.24, 2.45) is 4.99 Å². The van der Waals surface area contributed by atoms with Gasteiger partial charge >= 0.3 is 0 Å². The number of likely N-dealkylation sites (tertiary alicyclic amines) is 1. The van der Waals surface area contributed by atoms with Crippen LogP contribution < -0.4 is 5.32 Å². The molecule has 0 radical (unpaired) electrons. The van der Waals surface area contributed by atoms with Gasteiger partial charge in [-0.25, -0.2) is 4.99 Å². The number of guanidine groups is 1. The molecular formula is C17H17N3OS. The topological polar surface area (TPSA) is 44.7 Å². The van der Waals surface area contributed by atoms with Crippen LogP contribution in [-0.4, -0.2) is 29.9 Å². The van der Waals surface area contributed by atoms with Gasteiger partial charge in [0.05, 0.1) is 0 Å². The van der Waals surface area contributed by atoms with Gasteiger partial charge in [-0.15, -0.1) is 11.3 Å². The van der Waals surface area contributed by atoms with Gasteiger partial charge in [0.15, 0.2) is 0 Å². The van der Waals surface area contributed by atoms with Crippen LogP contribution in [0.4, 0.5) is 0 Å². The van der Waals surface area contributed by atoms with E-state index in [2.05, 4.69) is 32.7 Å². The van der Waals surface area contributed by atoms with E-state index in [9.17, 15) is 4.79 Å². The molecule has 22 heavy (non-hydrogen) atoms. The first-order chi connectivity index (χ1) is 10.8. The van der Waals surface area contributed by atoms with E-state index < -0.39 is 0 Å². The molecule has 1 N–H and O–H groups in total. The van der Waals surface area contributed by atoms with Crippen LogP contribution in [0.2, 0.25) is 0 Å². The molecule has 0 aliphatic carbocycles. The van der Waals surface area contributed by atoms with Crippen LogP contribution in [0, 0.1) is 0 Å². The summed E-state index contributed by atoms with van der Waals surface area (Å²) in [5, 5.41) is 6.16. The summed E-state index contributed by atoms with van der Waals surface area (Å²) in [4.78, 5) is 18.9. The lowest BCUT2D eigenvalue weighted by Crippen LogP contribution is -2.43. The lowest BCUT2D eigenvalue weighted by molar-refractivity contribution is -0.115. The van der Waals surface area contributed by atoms with E-state index >= 15 is 0 Å². The maximum atomic E-state index is 12.2. The number of carbonyl (C=O) groups excluding carboxylic acids is 1. The van der Waals surface area contributed by atoms with Gasteiger partial charge in [0.2, 0.25) is 5.96 Å². The number of hydrogen-bond donors (Lipinski definition) is 1. The first-order valence-electron chi connectivity index (χ1n) is 7.64. The van der Waals surface area contributed by atoms with Gasteiger partial charge in [-0.05, 0) is 47.7 Å². The van der Waals surface area contributed by atoms with Gasteiger partial charge in [-0.1, -0.05) is 18.2 Å². The van der Waals surface area contributed by atoms with E-state index in [1.807, 2.05) is 18.2 Å². The number of aliphatic imine (C=N–C) groups is 1. The van der Waals surface area contributed by atoms with Gasteiger partial charge in [-0.3, -0.25) is 10.1 Å². The van der Waals surface area contributed by atoms with Crippen molar-refractivity contribution < 1.29 is 4.79 Å². The van der Waals surface area contributed by atoms with Gasteiger partial charge in [0.1, 0.15) is 5.70 Å². The van der Waals surface area contributed by atoms with Gasteiger partial charge in [0, 0.05) is 17.8 Å². The fourth-order valence-electron chi connectivity index (χ4n) is 2.97. The minimum Gasteiger partial charge on any atom is -0.342 e. The van der Waals surface area contributed by atoms with E-state index in [1.165, 1.54) is 29.3 Å². The van der Waals surface area contributed by atoms with Crippen LogP contribution in [0.5, 0.6) is 0 Å². The third-order valence-corrected chi connectivity index (χ3v) is 5.12. The number of rotatable bonds is 1. The zero-order valence-electron chi connectivity index (χ0n) is 12.2. The fourth-order valence-corrected chi connectivity index (χ4v) is 3.89. The lowest BCUT2D eigenvalue weighted by atomic mass is 10.1. The van der Waals surface area contributed by atoms with E-state index in [4.69, 9.17) is 0 Å². The van der Waals surface area contributed by atoms with Crippen molar-refractivity contribution in [1.82, 2.24) is 10.2 Å². The molecule has 0 spiro atoms. The van der Waals surface area contributed by atoms with Crippen molar-refractivity contribution in [3.8, 4) is 0 Å². The van der Waals surface area contributed by atoms with Crippen molar-refractivity contribution >= 4 is 39.4 Å². The second-order valence-electron chi connectivity index (χ2n) is 5.65. The Balaban J connectivity index is 1.66. The van der Waals surface area contributed by atoms with Crippen LogP contribution in [0.15, 0.2) is 40.3 Å². The zero-order chi connectivity index (χ0) is 14.9. The molecule has 0 unspecified atom stereocenters. The summed E-state index contributed by atoms with van der Waals surface area (Å²) >= 11 is 1.69. The Labute approximate surface area is 133 Å². The highest BCUT2D eigenvalue weighted by Crippen LogP contribution is 2.28. The van der Waals surface area contributed by atoms with E-state index in [0.717, 1.165) is 24.6 Å². The van der Waals surface area contributed by atoms with E-state index in [1.54, 1.807) is 11.3 Å². The first kappa shape index (κ1) is 13.5. The molecule has 2 aliphatic heterocycles. The quantitative estimate of drug-likeness (QED) is 0.822. The van der Waals surface area contributed by atoms with Gasteiger partial charge in [0.25, 0.3) is 5.91 Å². The average Bonchev–Trinajstić information content (AvgIpc) is 3.13. The number of nitrogens with one attached hydrogen (secondary N) is 1. The highest BCUT2D eigenvalue weighted by molar-refractivity contribution is 7.17. The summed E-state index contributed by atoms with van der Waals surface area (Å²) in [5.74, 6) is 0.617. The van der Waals surface area contributed by atoms with Crippen LogP contribution >= 0.6 is 11.3 Å². The molecule has 1 amide bonds. The van der Waals surface area contributed by atoms with Crippen molar-refractivity contribution in [3.05, 3.63) is 40.9 Å². The van der Waals surface area contributed by atoms with Crippen LogP contribution in [-0.2, 0) is 4.79 Å².